The van der Waals surface area contributed by atoms with Crippen molar-refractivity contribution in [3.8, 4) is 5.75 Å². The van der Waals surface area contributed by atoms with Crippen molar-refractivity contribution >= 4 is 5.69 Å². The SMILES string of the molecule is FC(F)(F)c1cccc(N2CCN(CCCOc3ccccc3)CC2)c1. The van der Waals surface area contributed by atoms with Crippen molar-refractivity contribution in [2.24, 2.45) is 0 Å². The Labute approximate surface area is 152 Å². The van der Waals surface area contributed by atoms with Crippen molar-refractivity contribution in [3.63, 3.8) is 0 Å². The van der Waals surface area contributed by atoms with E-state index in [0.717, 1.165) is 51.0 Å². The minimum Gasteiger partial charge on any atom is -0.494 e. The predicted molar refractivity (Wildman–Crippen MR) is 96.7 cm³/mol. The number of piperazine rings is 1. The normalized spacial score (nSPS) is 15.9. The summed E-state index contributed by atoms with van der Waals surface area (Å²) >= 11 is 0. The van der Waals surface area contributed by atoms with E-state index in [9.17, 15) is 13.2 Å². The van der Waals surface area contributed by atoms with Crippen molar-refractivity contribution in [3.05, 3.63) is 60.2 Å². The highest BCUT2D eigenvalue weighted by molar-refractivity contribution is 5.49. The lowest BCUT2D eigenvalue weighted by Crippen LogP contribution is -2.46. The first-order valence-corrected chi connectivity index (χ1v) is 8.85. The molecule has 1 saturated heterocycles. The summed E-state index contributed by atoms with van der Waals surface area (Å²) < 4.78 is 44.3. The number of nitrogens with zero attached hydrogens (tertiary/aromatic N) is 2. The van der Waals surface area contributed by atoms with Crippen LogP contribution in [0.25, 0.3) is 0 Å². The smallest absolute Gasteiger partial charge is 0.416 e. The molecule has 1 aliphatic heterocycles. The first-order valence-electron chi connectivity index (χ1n) is 8.85. The van der Waals surface area contributed by atoms with Crippen LogP contribution in [-0.4, -0.2) is 44.2 Å². The maximum Gasteiger partial charge on any atom is 0.416 e. The van der Waals surface area contributed by atoms with Gasteiger partial charge in [-0.25, -0.2) is 0 Å². The molecular formula is C20H23F3N2O. The van der Waals surface area contributed by atoms with Gasteiger partial charge >= 0.3 is 6.18 Å². The van der Waals surface area contributed by atoms with Gasteiger partial charge in [-0.1, -0.05) is 24.3 Å². The molecule has 0 aromatic heterocycles. The van der Waals surface area contributed by atoms with Crippen molar-refractivity contribution in [1.29, 1.82) is 0 Å². The van der Waals surface area contributed by atoms with Crippen LogP contribution in [0.15, 0.2) is 54.6 Å². The third-order valence-electron chi connectivity index (χ3n) is 4.54. The molecule has 0 unspecified atom stereocenters. The molecule has 26 heavy (non-hydrogen) atoms. The molecule has 3 rings (SSSR count). The molecule has 1 aliphatic rings. The third-order valence-corrected chi connectivity index (χ3v) is 4.54. The van der Waals surface area contributed by atoms with Gasteiger partial charge in [0.1, 0.15) is 5.75 Å². The summed E-state index contributed by atoms with van der Waals surface area (Å²) in [6, 6.07) is 15.3. The molecule has 0 N–H and O–H groups in total. The average Bonchev–Trinajstić information content (AvgIpc) is 2.66. The molecule has 2 aromatic carbocycles. The fraction of sp³-hybridized carbons (Fsp3) is 0.400. The van der Waals surface area contributed by atoms with E-state index in [-0.39, 0.29) is 0 Å². The summed E-state index contributed by atoms with van der Waals surface area (Å²) in [5.74, 6) is 0.877. The quantitative estimate of drug-likeness (QED) is 0.711. The maximum absolute atomic E-state index is 12.9. The highest BCUT2D eigenvalue weighted by Gasteiger charge is 2.31. The van der Waals surface area contributed by atoms with Gasteiger partial charge < -0.3 is 9.64 Å². The van der Waals surface area contributed by atoms with Gasteiger partial charge in [-0.05, 0) is 36.8 Å². The van der Waals surface area contributed by atoms with E-state index >= 15 is 0 Å². The van der Waals surface area contributed by atoms with Crippen LogP contribution in [0.4, 0.5) is 18.9 Å². The number of hydrogen-bond donors (Lipinski definition) is 0. The van der Waals surface area contributed by atoms with Gasteiger partial charge in [-0.3, -0.25) is 4.90 Å². The summed E-state index contributed by atoms with van der Waals surface area (Å²) in [7, 11) is 0. The molecule has 0 atom stereocenters. The van der Waals surface area contributed by atoms with E-state index in [1.807, 2.05) is 35.2 Å². The first-order chi connectivity index (χ1) is 12.5. The second-order valence-electron chi connectivity index (χ2n) is 6.39. The van der Waals surface area contributed by atoms with E-state index in [2.05, 4.69) is 4.90 Å². The van der Waals surface area contributed by atoms with Crippen molar-refractivity contribution in [2.45, 2.75) is 12.6 Å². The van der Waals surface area contributed by atoms with Gasteiger partial charge in [-0.2, -0.15) is 13.2 Å². The van der Waals surface area contributed by atoms with Gasteiger partial charge in [0.15, 0.2) is 0 Å². The van der Waals surface area contributed by atoms with E-state index in [1.54, 1.807) is 6.07 Å². The highest BCUT2D eigenvalue weighted by atomic mass is 19.4. The fourth-order valence-corrected chi connectivity index (χ4v) is 3.10. The molecule has 1 fully saturated rings. The minimum atomic E-state index is -4.30. The molecule has 0 bridgehead atoms. The van der Waals surface area contributed by atoms with Crippen LogP contribution in [0, 0.1) is 0 Å². The Hall–Kier alpha value is -2.21. The van der Waals surface area contributed by atoms with Crippen molar-refractivity contribution < 1.29 is 17.9 Å². The molecule has 0 spiro atoms. The molecule has 3 nitrogen and oxygen atoms in total. The van der Waals surface area contributed by atoms with Gasteiger partial charge in [-0.15, -0.1) is 0 Å². The molecule has 0 saturated carbocycles. The number of hydrogen-bond acceptors (Lipinski definition) is 3. The molecule has 0 aliphatic carbocycles. The monoisotopic (exact) mass is 364 g/mol. The second kappa shape index (κ2) is 8.45. The van der Waals surface area contributed by atoms with Gasteiger partial charge in [0.25, 0.3) is 0 Å². The lowest BCUT2D eigenvalue weighted by Gasteiger charge is -2.36. The van der Waals surface area contributed by atoms with E-state index in [0.29, 0.717) is 12.3 Å². The lowest BCUT2D eigenvalue weighted by atomic mass is 10.1. The van der Waals surface area contributed by atoms with Crippen LogP contribution in [0.2, 0.25) is 0 Å². The third kappa shape index (κ3) is 5.14. The zero-order valence-electron chi connectivity index (χ0n) is 14.6. The largest absolute Gasteiger partial charge is 0.494 e. The Bertz CT molecular complexity index is 683. The standard InChI is InChI=1S/C20H23F3N2O/c21-20(22,23)17-6-4-7-18(16-17)25-13-11-24(12-14-25)10-5-15-26-19-8-2-1-3-9-19/h1-4,6-9,16H,5,10-15H2. The summed E-state index contributed by atoms with van der Waals surface area (Å²) in [5.41, 5.74) is 0.0578. The Kier molecular flexibility index (Phi) is 6.04. The number of alkyl halides is 3. The van der Waals surface area contributed by atoms with Crippen LogP contribution in [0.1, 0.15) is 12.0 Å². The number of rotatable bonds is 6. The summed E-state index contributed by atoms with van der Waals surface area (Å²) in [5, 5.41) is 0. The number of halogens is 3. The van der Waals surface area contributed by atoms with Gasteiger partial charge in [0, 0.05) is 38.4 Å². The maximum atomic E-state index is 12.9. The van der Waals surface area contributed by atoms with Crippen molar-refractivity contribution in [1.82, 2.24) is 4.90 Å². The molecule has 2 aromatic rings. The number of ether oxygens (including phenoxy) is 1. The minimum absolute atomic E-state index is 0.588. The predicted octanol–water partition coefficient (Wildman–Crippen LogP) is 4.30. The summed E-state index contributed by atoms with van der Waals surface area (Å²) in [6.07, 6.45) is -3.37. The Morgan fingerprint density at radius 1 is 0.885 bits per heavy atom. The van der Waals surface area contributed by atoms with Crippen LogP contribution < -0.4 is 9.64 Å². The Morgan fingerprint density at radius 2 is 1.62 bits per heavy atom. The zero-order chi connectivity index (χ0) is 18.4. The molecule has 140 valence electrons. The van der Waals surface area contributed by atoms with Crippen LogP contribution in [0.3, 0.4) is 0 Å². The van der Waals surface area contributed by atoms with Crippen molar-refractivity contribution in [2.75, 3.05) is 44.2 Å². The summed E-state index contributed by atoms with van der Waals surface area (Å²) in [4.78, 5) is 4.35. The number of benzene rings is 2. The summed E-state index contributed by atoms with van der Waals surface area (Å²) in [6.45, 7) is 4.77. The fourth-order valence-electron chi connectivity index (χ4n) is 3.10. The molecule has 6 heteroatoms. The highest BCUT2D eigenvalue weighted by Crippen LogP contribution is 2.31. The Morgan fingerprint density at radius 3 is 2.31 bits per heavy atom. The number of anilines is 1. The second-order valence-corrected chi connectivity index (χ2v) is 6.39. The lowest BCUT2D eigenvalue weighted by molar-refractivity contribution is -0.137. The van der Waals surface area contributed by atoms with E-state index in [1.165, 1.54) is 12.1 Å². The first kappa shape index (κ1) is 18.6. The molecular weight excluding hydrogens is 341 g/mol. The zero-order valence-corrected chi connectivity index (χ0v) is 14.6. The average molecular weight is 364 g/mol. The molecule has 0 radical (unpaired) electrons. The molecule has 1 heterocycles. The van der Waals surface area contributed by atoms with Crippen LogP contribution in [-0.2, 0) is 6.18 Å². The number of para-hydroxylation sites is 1. The van der Waals surface area contributed by atoms with Gasteiger partial charge in [0.05, 0.1) is 12.2 Å². The molecule has 0 amide bonds. The van der Waals surface area contributed by atoms with Crippen LogP contribution >= 0.6 is 0 Å². The Balaban J connectivity index is 1.42. The van der Waals surface area contributed by atoms with E-state index in [4.69, 9.17) is 4.74 Å². The topological polar surface area (TPSA) is 15.7 Å². The van der Waals surface area contributed by atoms with Crippen LogP contribution in [0.5, 0.6) is 5.75 Å². The van der Waals surface area contributed by atoms with Gasteiger partial charge in [0.2, 0.25) is 0 Å². The van der Waals surface area contributed by atoms with E-state index < -0.39 is 11.7 Å².